The van der Waals surface area contributed by atoms with E-state index in [1.807, 2.05) is 0 Å². The number of hydrogen-bond donors (Lipinski definition) is 2. The number of hydrogen-bond acceptors (Lipinski definition) is 4. The molecule has 0 aromatic carbocycles. The van der Waals surface area contributed by atoms with Crippen LogP contribution in [-0.4, -0.2) is 56.9 Å². The van der Waals surface area contributed by atoms with E-state index in [-0.39, 0.29) is 11.6 Å². The highest BCUT2D eigenvalue weighted by Crippen LogP contribution is 2.24. The van der Waals surface area contributed by atoms with Crippen molar-refractivity contribution in [2.75, 3.05) is 40.3 Å². The fourth-order valence-corrected chi connectivity index (χ4v) is 1.88. The van der Waals surface area contributed by atoms with Gasteiger partial charge in [-0.25, -0.2) is 0 Å². The summed E-state index contributed by atoms with van der Waals surface area (Å²) in [6, 6.07) is 0. The largest absolute Gasteiger partial charge is 0.376 e. The van der Waals surface area contributed by atoms with Crippen LogP contribution in [0, 0.1) is 0 Å². The molecule has 1 saturated heterocycles. The molecule has 1 rings (SSSR count). The lowest BCUT2D eigenvalue weighted by molar-refractivity contribution is 0.0847. The third-order valence-electron chi connectivity index (χ3n) is 3.09. The fourth-order valence-electron chi connectivity index (χ4n) is 1.88. The Morgan fingerprint density at radius 3 is 2.71 bits per heavy atom. The van der Waals surface area contributed by atoms with Gasteiger partial charge in [0.2, 0.25) is 0 Å². The summed E-state index contributed by atoms with van der Waals surface area (Å²) in [7, 11) is 4.15. The molecule has 2 unspecified atom stereocenters. The number of rotatable bonds is 5. The maximum Gasteiger partial charge on any atom is 0.0741 e. The zero-order valence-corrected chi connectivity index (χ0v) is 9.55. The molecular weight excluding hydrogens is 178 g/mol. The van der Waals surface area contributed by atoms with Crippen molar-refractivity contribution in [3.05, 3.63) is 0 Å². The van der Waals surface area contributed by atoms with Gasteiger partial charge in [0.15, 0.2) is 0 Å². The Kier molecular flexibility index (Phi) is 4.31. The molecule has 0 radical (unpaired) electrons. The van der Waals surface area contributed by atoms with Crippen LogP contribution >= 0.6 is 0 Å². The van der Waals surface area contributed by atoms with Gasteiger partial charge in [-0.2, -0.15) is 0 Å². The Bertz CT molecular complexity index is 175. The summed E-state index contributed by atoms with van der Waals surface area (Å²) in [4.78, 5) is 2.16. The van der Waals surface area contributed by atoms with Crippen molar-refractivity contribution >= 4 is 0 Å². The maximum absolute atomic E-state index is 5.82. The van der Waals surface area contributed by atoms with E-state index in [9.17, 15) is 0 Å². The summed E-state index contributed by atoms with van der Waals surface area (Å²) in [5, 5.41) is 3.53. The first kappa shape index (κ1) is 11.9. The second kappa shape index (κ2) is 5.07. The third kappa shape index (κ3) is 2.67. The molecule has 1 fully saturated rings. The molecule has 1 aliphatic heterocycles. The van der Waals surface area contributed by atoms with E-state index < -0.39 is 0 Å². The Balaban J connectivity index is 2.37. The van der Waals surface area contributed by atoms with Crippen molar-refractivity contribution in [3.8, 4) is 0 Å². The molecule has 0 amide bonds. The van der Waals surface area contributed by atoms with Crippen LogP contribution in [0.1, 0.15) is 13.3 Å². The minimum absolute atomic E-state index is 0.00993. The highest BCUT2D eigenvalue weighted by atomic mass is 16.5. The molecule has 4 nitrogen and oxygen atoms in total. The minimum Gasteiger partial charge on any atom is -0.376 e. The number of nitrogens with one attached hydrogen (secondary N) is 1. The maximum atomic E-state index is 5.82. The van der Waals surface area contributed by atoms with Crippen LogP contribution in [0.4, 0.5) is 0 Å². The summed E-state index contributed by atoms with van der Waals surface area (Å²) >= 11 is 0. The molecule has 4 heteroatoms. The molecular formula is C10H23N3O. The van der Waals surface area contributed by atoms with E-state index in [1.54, 1.807) is 0 Å². The molecule has 0 aromatic heterocycles. The van der Waals surface area contributed by atoms with Crippen molar-refractivity contribution < 1.29 is 4.74 Å². The Labute approximate surface area is 86.8 Å². The average molecular weight is 201 g/mol. The minimum atomic E-state index is 0.00993. The average Bonchev–Trinajstić information content (AvgIpc) is 2.48. The molecule has 0 aliphatic carbocycles. The van der Waals surface area contributed by atoms with Crippen LogP contribution in [0.5, 0.6) is 0 Å². The Morgan fingerprint density at radius 2 is 2.29 bits per heavy atom. The lowest BCUT2D eigenvalue weighted by Crippen LogP contribution is -2.57. The van der Waals surface area contributed by atoms with Crippen LogP contribution in [0.2, 0.25) is 0 Å². The summed E-state index contributed by atoms with van der Waals surface area (Å²) in [5.74, 6) is 0. The first-order valence-electron chi connectivity index (χ1n) is 5.32. The monoisotopic (exact) mass is 201 g/mol. The Hall–Kier alpha value is -0.160. The molecule has 0 bridgehead atoms. The quantitative estimate of drug-likeness (QED) is 0.638. The number of likely N-dealkylation sites (N-methyl/N-ethyl adjacent to an activating group) is 1. The molecule has 0 spiro atoms. The number of ether oxygens (including phenoxy) is 1. The predicted octanol–water partition coefficient (Wildman–Crippen LogP) is -0.356. The van der Waals surface area contributed by atoms with Gasteiger partial charge >= 0.3 is 0 Å². The highest BCUT2D eigenvalue weighted by Gasteiger charge is 2.39. The van der Waals surface area contributed by atoms with E-state index in [1.165, 1.54) is 0 Å². The van der Waals surface area contributed by atoms with Crippen LogP contribution in [0.15, 0.2) is 0 Å². The molecule has 2 atom stereocenters. The SMILES string of the molecule is CC1OCCC1(CN)NCCN(C)C. The van der Waals surface area contributed by atoms with Crippen LogP contribution in [0.25, 0.3) is 0 Å². The zero-order valence-electron chi connectivity index (χ0n) is 9.55. The lowest BCUT2D eigenvalue weighted by atomic mass is 9.92. The second-order valence-corrected chi connectivity index (χ2v) is 4.35. The van der Waals surface area contributed by atoms with Crippen LogP contribution in [-0.2, 0) is 4.74 Å². The first-order chi connectivity index (χ1) is 6.60. The van der Waals surface area contributed by atoms with E-state index in [4.69, 9.17) is 10.5 Å². The second-order valence-electron chi connectivity index (χ2n) is 4.35. The van der Waals surface area contributed by atoms with E-state index in [0.29, 0.717) is 6.54 Å². The van der Waals surface area contributed by atoms with E-state index in [2.05, 4.69) is 31.2 Å². The molecule has 1 heterocycles. The van der Waals surface area contributed by atoms with Crippen molar-refractivity contribution in [1.82, 2.24) is 10.2 Å². The van der Waals surface area contributed by atoms with Gasteiger partial charge < -0.3 is 20.7 Å². The lowest BCUT2D eigenvalue weighted by Gasteiger charge is -2.32. The molecule has 0 aromatic rings. The molecule has 1 aliphatic rings. The fraction of sp³-hybridized carbons (Fsp3) is 1.00. The van der Waals surface area contributed by atoms with Gasteiger partial charge in [0.1, 0.15) is 0 Å². The molecule has 84 valence electrons. The standard InChI is InChI=1S/C10H23N3O/c1-9-10(8-11,4-7-14-9)12-5-6-13(2)3/h9,12H,4-8,11H2,1-3H3. The zero-order chi connectivity index (χ0) is 10.6. The smallest absolute Gasteiger partial charge is 0.0741 e. The van der Waals surface area contributed by atoms with Crippen molar-refractivity contribution in [2.24, 2.45) is 5.73 Å². The summed E-state index contributed by atoms with van der Waals surface area (Å²) in [5.41, 5.74) is 5.83. The number of nitrogens with two attached hydrogens (primary N) is 1. The summed E-state index contributed by atoms with van der Waals surface area (Å²) in [6.07, 6.45) is 1.26. The van der Waals surface area contributed by atoms with Gasteiger partial charge in [-0.15, -0.1) is 0 Å². The van der Waals surface area contributed by atoms with E-state index in [0.717, 1.165) is 26.1 Å². The van der Waals surface area contributed by atoms with Crippen LogP contribution in [0.3, 0.4) is 0 Å². The van der Waals surface area contributed by atoms with Crippen molar-refractivity contribution in [1.29, 1.82) is 0 Å². The van der Waals surface area contributed by atoms with Gasteiger partial charge in [0.05, 0.1) is 11.6 Å². The first-order valence-corrected chi connectivity index (χ1v) is 5.32. The van der Waals surface area contributed by atoms with Gasteiger partial charge in [-0.05, 0) is 27.4 Å². The predicted molar refractivity (Wildman–Crippen MR) is 58.4 cm³/mol. The number of nitrogens with zero attached hydrogens (tertiary/aromatic N) is 1. The van der Waals surface area contributed by atoms with E-state index >= 15 is 0 Å². The molecule has 3 N–H and O–H groups in total. The summed E-state index contributed by atoms with van der Waals surface area (Å²) < 4.78 is 5.56. The third-order valence-corrected chi connectivity index (χ3v) is 3.09. The van der Waals surface area contributed by atoms with Crippen LogP contribution < -0.4 is 11.1 Å². The van der Waals surface area contributed by atoms with Gasteiger partial charge in [-0.3, -0.25) is 0 Å². The van der Waals surface area contributed by atoms with Gasteiger partial charge in [-0.1, -0.05) is 0 Å². The van der Waals surface area contributed by atoms with Gasteiger partial charge in [0.25, 0.3) is 0 Å². The van der Waals surface area contributed by atoms with Crippen molar-refractivity contribution in [3.63, 3.8) is 0 Å². The molecule has 14 heavy (non-hydrogen) atoms. The van der Waals surface area contributed by atoms with Gasteiger partial charge in [0, 0.05) is 26.2 Å². The summed E-state index contributed by atoms with van der Waals surface area (Å²) in [6.45, 7) is 5.59. The van der Waals surface area contributed by atoms with Crippen molar-refractivity contribution in [2.45, 2.75) is 25.0 Å². The topological polar surface area (TPSA) is 50.5 Å². The highest BCUT2D eigenvalue weighted by molar-refractivity contribution is 4.98. The Morgan fingerprint density at radius 1 is 1.57 bits per heavy atom. The molecule has 0 saturated carbocycles. The normalized spacial score (nSPS) is 32.8.